The van der Waals surface area contributed by atoms with E-state index in [4.69, 9.17) is 0 Å². The molecule has 4 rings (SSSR count). The quantitative estimate of drug-likeness (QED) is 0.627. The fourth-order valence-corrected chi connectivity index (χ4v) is 2.68. The second-order valence-electron chi connectivity index (χ2n) is 5.36. The molecular weight excluding hydrogens is 306 g/mol. The number of carbonyl (C=O) groups is 1. The number of hydrogen-bond acceptors (Lipinski definition) is 4. The normalized spacial score (nSPS) is 11.0. The molecule has 7 heteroatoms. The maximum Gasteiger partial charge on any atom is 0.417 e. The lowest BCUT2D eigenvalue weighted by molar-refractivity contribution is 0.197. The summed E-state index contributed by atoms with van der Waals surface area (Å²) in [4.78, 5) is 15.5. The molecule has 0 amide bonds. The summed E-state index contributed by atoms with van der Waals surface area (Å²) in [5.41, 5.74) is 2.81. The topological polar surface area (TPSA) is 85.8 Å². The molecule has 0 saturated heterocycles. The van der Waals surface area contributed by atoms with Gasteiger partial charge in [0.2, 0.25) is 0 Å². The van der Waals surface area contributed by atoms with Crippen molar-refractivity contribution in [2.45, 2.75) is 6.54 Å². The van der Waals surface area contributed by atoms with E-state index in [1.807, 2.05) is 36.4 Å². The van der Waals surface area contributed by atoms with Gasteiger partial charge in [0.05, 0.1) is 12.7 Å². The Labute approximate surface area is 136 Å². The van der Waals surface area contributed by atoms with Gasteiger partial charge in [0.1, 0.15) is 11.3 Å². The van der Waals surface area contributed by atoms with Gasteiger partial charge in [-0.05, 0) is 17.7 Å². The minimum Gasteiger partial charge on any atom is -0.464 e. The van der Waals surface area contributed by atoms with Crippen molar-refractivity contribution in [3.63, 3.8) is 0 Å². The third kappa shape index (κ3) is 2.41. The van der Waals surface area contributed by atoms with Crippen LogP contribution in [0.15, 0.2) is 61.1 Å². The zero-order chi connectivity index (χ0) is 16.5. The summed E-state index contributed by atoms with van der Waals surface area (Å²) in [6, 6.07) is 13.5. The summed E-state index contributed by atoms with van der Waals surface area (Å²) in [5.74, 6) is 0. The Morgan fingerprint density at radius 1 is 1.08 bits per heavy atom. The van der Waals surface area contributed by atoms with E-state index in [1.165, 1.54) is 6.20 Å². The molecule has 0 saturated carbocycles. The summed E-state index contributed by atoms with van der Waals surface area (Å²) in [7, 11) is 0. The first-order chi connectivity index (χ1) is 11.7. The van der Waals surface area contributed by atoms with Gasteiger partial charge in [-0.25, -0.2) is 19.0 Å². The molecule has 1 N–H and O–H groups in total. The summed E-state index contributed by atoms with van der Waals surface area (Å²) in [6.45, 7) is 0.601. The van der Waals surface area contributed by atoms with Crippen LogP contribution >= 0.6 is 0 Å². The summed E-state index contributed by atoms with van der Waals surface area (Å²) in [5, 5.41) is 18.4. The van der Waals surface area contributed by atoms with Crippen molar-refractivity contribution in [3.8, 4) is 11.3 Å². The van der Waals surface area contributed by atoms with Crippen LogP contribution in [0.4, 0.5) is 4.79 Å². The molecule has 7 nitrogen and oxygen atoms in total. The highest BCUT2D eigenvalue weighted by molar-refractivity contribution is 5.97. The van der Waals surface area contributed by atoms with Gasteiger partial charge < -0.3 is 5.11 Å². The molecule has 0 aliphatic heterocycles. The van der Waals surface area contributed by atoms with Crippen molar-refractivity contribution in [2.24, 2.45) is 0 Å². The molecule has 0 fully saturated rings. The standard InChI is InChI=1S/C17H13N5O2/c23-17(24)22-10-14(13-7-4-8-18-16(13)22)15-11-21(20-19-15)9-12-5-2-1-3-6-12/h1-8,10-11H,9H2,(H,23,24). The molecule has 0 aliphatic rings. The van der Waals surface area contributed by atoms with Gasteiger partial charge in [0.25, 0.3) is 0 Å². The predicted octanol–water partition coefficient (Wildman–Crippen LogP) is 2.87. The smallest absolute Gasteiger partial charge is 0.417 e. The van der Waals surface area contributed by atoms with Crippen molar-refractivity contribution < 1.29 is 9.90 Å². The lowest BCUT2D eigenvalue weighted by Crippen LogP contribution is -2.06. The average molecular weight is 319 g/mol. The van der Waals surface area contributed by atoms with E-state index in [-0.39, 0.29) is 0 Å². The van der Waals surface area contributed by atoms with Crippen LogP contribution in [0.5, 0.6) is 0 Å². The molecule has 3 aromatic heterocycles. The van der Waals surface area contributed by atoms with Gasteiger partial charge in [-0.2, -0.15) is 0 Å². The van der Waals surface area contributed by atoms with Crippen LogP contribution in [0.1, 0.15) is 5.56 Å². The Morgan fingerprint density at radius 3 is 2.71 bits per heavy atom. The summed E-state index contributed by atoms with van der Waals surface area (Å²) in [6.07, 6.45) is 3.82. The molecule has 0 spiro atoms. The molecule has 3 heterocycles. The molecule has 4 aromatic rings. The van der Waals surface area contributed by atoms with Crippen molar-refractivity contribution >= 4 is 17.1 Å². The number of pyridine rings is 1. The Bertz CT molecular complexity index is 1020. The van der Waals surface area contributed by atoms with Gasteiger partial charge in [-0.1, -0.05) is 35.5 Å². The lowest BCUT2D eigenvalue weighted by Gasteiger charge is -1.99. The van der Waals surface area contributed by atoms with E-state index in [2.05, 4.69) is 15.3 Å². The second kappa shape index (κ2) is 5.62. The highest BCUT2D eigenvalue weighted by Crippen LogP contribution is 2.27. The van der Waals surface area contributed by atoms with Crippen LogP contribution in [-0.4, -0.2) is 35.7 Å². The number of carboxylic acid groups (broad SMARTS) is 1. The number of benzene rings is 1. The molecular formula is C17H13N5O2. The predicted molar refractivity (Wildman–Crippen MR) is 87.7 cm³/mol. The maximum atomic E-state index is 11.4. The lowest BCUT2D eigenvalue weighted by atomic mass is 10.2. The maximum absolute atomic E-state index is 11.4. The zero-order valence-electron chi connectivity index (χ0n) is 12.6. The highest BCUT2D eigenvalue weighted by Gasteiger charge is 2.17. The zero-order valence-corrected chi connectivity index (χ0v) is 12.6. The largest absolute Gasteiger partial charge is 0.464 e. The highest BCUT2D eigenvalue weighted by atomic mass is 16.4. The van der Waals surface area contributed by atoms with Crippen molar-refractivity contribution in [1.82, 2.24) is 24.5 Å². The number of aromatic nitrogens is 5. The monoisotopic (exact) mass is 319 g/mol. The fraction of sp³-hybridized carbons (Fsp3) is 0.0588. The third-order valence-electron chi connectivity index (χ3n) is 3.77. The van der Waals surface area contributed by atoms with E-state index >= 15 is 0 Å². The SMILES string of the molecule is O=C(O)n1cc(-c2cn(Cc3ccccc3)nn2)c2cccnc21. The van der Waals surface area contributed by atoms with E-state index in [0.717, 1.165) is 15.5 Å². The van der Waals surface area contributed by atoms with E-state index in [9.17, 15) is 9.90 Å². The van der Waals surface area contributed by atoms with Crippen LogP contribution < -0.4 is 0 Å². The minimum absolute atomic E-state index is 0.387. The molecule has 0 bridgehead atoms. The van der Waals surface area contributed by atoms with Gasteiger partial charge in [0, 0.05) is 23.3 Å². The van der Waals surface area contributed by atoms with Crippen LogP contribution in [0.2, 0.25) is 0 Å². The third-order valence-corrected chi connectivity index (χ3v) is 3.77. The Hall–Kier alpha value is -3.48. The number of fused-ring (bicyclic) bond motifs is 1. The van der Waals surface area contributed by atoms with Crippen LogP contribution in [0.25, 0.3) is 22.3 Å². The van der Waals surface area contributed by atoms with Gasteiger partial charge in [-0.15, -0.1) is 5.10 Å². The van der Waals surface area contributed by atoms with Crippen molar-refractivity contribution in [1.29, 1.82) is 0 Å². The summed E-state index contributed by atoms with van der Waals surface area (Å²) >= 11 is 0. The Kier molecular flexibility index (Phi) is 3.31. The number of hydrogen-bond donors (Lipinski definition) is 1. The van der Waals surface area contributed by atoms with Gasteiger partial charge in [0.15, 0.2) is 0 Å². The molecule has 1 aromatic carbocycles. The van der Waals surface area contributed by atoms with Gasteiger partial charge >= 0.3 is 6.09 Å². The fourth-order valence-electron chi connectivity index (χ4n) is 2.68. The molecule has 118 valence electrons. The number of nitrogens with zero attached hydrogens (tertiary/aromatic N) is 5. The first-order valence-corrected chi connectivity index (χ1v) is 7.36. The number of rotatable bonds is 3. The Morgan fingerprint density at radius 2 is 1.92 bits per heavy atom. The first kappa shape index (κ1) is 14.1. The van der Waals surface area contributed by atoms with Crippen LogP contribution in [0.3, 0.4) is 0 Å². The van der Waals surface area contributed by atoms with Gasteiger partial charge in [-0.3, -0.25) is 0 Å². The minimum atomic E-state index is -1.08. The van der Waals surface area contributed by atoms with Crippen LogP contribution in [-0.2, 0) is 6.54 Å². The van der Waals surface area contributed by atoms with Crippen molar-refractivity contribution in [2.75, 3.05) is 0 Å². The average Bonchev–Trinajstić information content (AvgIpc) is 3.20. The molecule has 0 atom stereocenters. The van der Waals surface area contributed by atoms with Crippen molar-refractivity contribution in [3.05, 3.63) is 66.6 Å². The second-order valence-corrected chi connectivity index (χ2v) is 5.36. The molecule has 0 aliphatic carbocycles. The van der Waals surface area contributed by atoms with E-state index < -0.39 is 6.09 Å². The molecule has 0 unspecified atom stereocenters. The first-order valence-electron chi connectivity index (χ1n) is 7.36. The Balaban J connectivity index is 1.75. The summed E-state index contributed by atoms with van der Waals surface area (Å²) < 4.78 is 2.83. The molecule has 0 radical (unpaired) electrons. The van der Waals surface area contributed by atoms with Crippen LogP contribution in [0, 0.1) is 0 Å². The van der Waals surface area contributed by atoms with E-state index in [1.54, 1.807) is 23.1 Å². The molecule has 24 heavy (non-hydrogen) atoms. The van der Waals surface area contributed by atoms with E-state index in [0.29, 0.717) is 23.4 Å².